The lowest BCUT2D eigenvalue weighted by Crippen LogP contribution is -2.40. The van der Waals surface area contributed by atoms with E-state index in [1.165, 1.54) is 6.20 Å². The summed E-state index contributed by atoms with van der Waals surface area (Å²) in [5.74, 6) is -3.03. The average molecular weight is 376 g/mol. The van der Waals surface area contributed by atoms with Gasteiger partial charge in [0.05, 0.1) is 24.6 Å². The molecule has 6 nitrogen and oxygen atoms in total. The van der Waals surface area contributed by atoms with Gasteiger partial charge in [-0.3, -0.25) is 14.8 Å². The Morgan fingerprint density at radius 2 is 1.96 bits per heavy atom. The first-order chi connectivity index (χ1) is 12.9. The van der Waals surface area contributed by atoms with Crippen LogP contribution in [-0.4, -0.2) is 52.9 Å². The number of nitrogens with zero attached hydrogens (tertiary/aromatic N) is 3. The van der Waals surface area contributed by atoms with Crippen LogP contribution in [0.3, 0.4) is 0 Å². The third kappa shape index (κ3) is 5.51. The predicted molar refractivity (Wildman–Crippen MR) is 96.3 cm³/mol. The van der Waals surface area contributed by atoms with Crippen LogP contribution in [0.2, 0.25) is 0 Å². The van der Waals surface area contributed by atoms with Gasteiger partial charge in [0.15, 0.2) is 0 Å². The molecule has 2 N–H and O–H groups in total. The number of aromatic nitrogens is 2. The summed E-state index contributed by atoms with van der Waals surface area (Å²) < 4.78 is 31.8. The second kappa shape index (κ2) is 8.49. The molecule has 3 rings (SSSR count). The molecule has 1 aliphatic rings. The van der Waals surface area contributed by atoms with E-state index in [1.54, 1.807) is 24.4 Å². The monoisotopic (exact) mass is 376 g/mol. The summed E-state index contributed by atoms with van der Waals surface area (Å²) in [6.45, 7) is 2.33. The van der Waals surface area contributed by atoms with Crippen molar-refractivity contribution in [1.82, 2.24) is 14.9 Å². The number of piperidine rings is 1. The molecule has 2 aromatic rings. The highest BCUT2D eigenvalue weighted by molar-refractivity contribution is 5.93. The number of primary amides is 1. The maximum absolute atomic E-state index is 13.1. The summed E-state index contributed by atoms with van der Waals surface area (Å²) in [5, 5.41) is 0. The molecule has 0 bridgehead atoms. The number of nitrogens with two attached hydrogens (primary N) is 1. The van der Waals surface area contributed by atoms with E-state index in [9.17, 15) is 13.6 Å². The number of hydrogen-bond acceptors (Lipinski definition) is 5. The standard InChI is InChI=1S/C19H22F2N4O2/c20-19(21)4-7-25(8-5-19)9-10-27-13-14-1-2-16(24-12-14)17-11-15(18(22)26)3-6-23-17/h1-3,6,11-12H,4-5,7-10,13H2,(H2,22,26). The molecule has 0 unspecified atom stereocenters. The van der Waals surface area contributed by atoms with E-state index < -0.39 is 11.8 Å². The minimum absolute atomic E-state index is 0.0800. The van der Waals surface area contributed by atoms with Crippen molar-refractivity contribution in [3.8, 4) is 11.4 Å². The van der Waals surface area contributed by atoms with Gasteiger partial charge in [0, 0.05) is 50.4 Å². The lowest BCUT2D eigenvalue weighted by molar-refractivity contribution is -0.0590. The number of amides is 1. The zero-order valence-corrected chi connectivity index (χ0v) is 14.9. The van der Waals surface area contributed by atoms with Crippen molar-refractivity contribution in [2.45, 2.75) is 25.4 Å². The Bertz CT molecular complexity index is 774. The highest BCUT2D eigenvalue weighted by Crippen LogP contribution is 2.27. The highest BCUT2D eigenvalue weighted by Gasteiger charge is 2.33. The number of hydrogen-bond donors (Lipinski definition) is 1. The minimum atomic E-state index is -2.52. The Balaban J connectivity index is 1.46. The van der Waals surface area contributed by atoms with Crippen LogP contribution in [0.4, 0.5) is 8.78 Å². The molecule has 1 fully saturated rings. The Hall–Kier alpha value is -2.45. The number of ether oxygens (including phenoxy) is 1. The van der Waals surface area contributed by atoms with Crippen molar-refractivity contribution in [2.24, 2.45) is 5.73 Å². The Morgan fingerprint density at radius 1 is 1.19 bits per heavy atom. The van der Waals surface area contributed by atoms with Crippen LogP contribution in [0.5, 0.6) is 0 Å². The fourth-order valence-electron chi connectivity index (χ4n) is 2.87. The number of likely N-dealkylation sites (tertiary alicyclic amines) is 1. The number of rotatable bonds is 7. The van der Waals surface area contributed by atoms with Crippen LogP contribution in [0, 0.1) is 0 Å². The largest absolute Gasteiger partial charge is 0.375 e. The van der Waals surface area contributed by atoms with Gasteiger partial charge in [-0.25, -0.2) is 8.78 Å². The van der Waals surface area contributed by atoms with E-state index in [0.29, 0.717) is 49.8 Å². The third-order valence-corrected chi connectivity index (χ3v) is 4.54. The SMILES string of the molecule is NC(=O)c1ccnc(-c2ccc(COCCN3CCC(F)(F)CC3)cn2)c1. The van der Waals surface area contributed by atoms with Gasteiger partial charge in [0.2, 0.25) is 5.91 Å². The first-order valence-corrected chi connectivity index (χ1v) is 8.82. The lowest BCUT2D eigenvalue weighted by atomic mass is 10.1. The molecule has 8 heteroatoms. The van der Waals surface area contributed by atoms with Gasteiger partial charge in [-0.15, -0.1) is 0 Å². The fourth-order valence-corrected chi connectivity index (χ4v) is 2.87. The van der Waals surface area contributed by atoms with Crippen LogP contribution < -0.4 is 5.73 Å². The summed E-state index contributed by atoms with van der Waals surface area (Å²) in [6, 6.07) is 6.83. The Morgan fingerprint density at radius 3 is 2.63 bits per heavy atom. The van der Waals surface area contributed by atoms with E-state index in [1.807, 2.05) is 11.0 Å². The number of alkyl halides is 2. The smallest absolute Gasteiger partial charge is 0.250 e. The van der Waals surface area contributed by atoms with Crippen LogP contribution in [-0.2, 0) is 11.3 Å². The van der Waals surface area contributed by atoms with Crippen LogP contribution in [0.1, 0.15) is 28.8 Å². The number of halogens is 2. The van der Waals surface area contributed by atoms with Crippen molar-refractivity contribution in [3.05, 3.63) is 47.8 Å². The molecule has 3 heterocycles. The summed E-state index contributed by atoms with van der Waals surface area (Å²) in [6.07, 6.45) is 3.05. The molecular weight excluding hydrogens is 354 g/mol. The summed E-state index contributed by atoms with van der Waals surface area (Å²) >= 11 is 0. The summed E-state index contributed by atoms with van der Waals surface area (Å²) in [5.41, 5.74) is 7.76. The van der Waals surface area contributed by atoms with Gasteiger partial charge < -0.3 is 15.4 Å². The van der Waals surface area contributed by atoms with Crippen molar-refractivity contribution < 1.29 is 18.3 Å². The molecule has 1 amide bonds. The van der Waals surface area contributed by atoms with Crippen LogP contribution in [0.25, 0.3) is 11.4 Å². The topological polar surface area (TPSA) is 81.3 Å². The maximum atomic E-state index is 13.1. The molecule has 1 saturated heterocycles. The van der Waals surface area contributed by atoms with Gasteiger partial charge >= 0.3 is 0 Å². The Kier molecular flexibility index (Phi) is 6.08. The molecule has 0 atom stereocenters. The minimum Gasteiger partial charge on any atom is -0.375 e. The zero-order valence-electron chi connectivity index (χ0n) is 14.9. The van der Waals surface area contributed by atoms with E-state index in [0.717, 1.165) is 5.56 Å². The zero-order chi connectivity index (χ0) is 19.3. The molecule has 2 aromatic heterocycles. The third-order valence-electron chi connectivity index (χ3n) is 4.54. The number of carbonyl (C=O) groups is 1. The maximum Gasteiger partial charge on any atom is 0.250 e. The normalized spacial score (nSPS) is 17.0. The first kappa shape index (κ1) is 19.3. The van der Waals surface area contributed by atoms with E-state index in [-0.39, 0.29) is 12.8 Å². The second-order valence-corrected chi connectivity index (χ2v) is 6.60. The molecule has 1 aliphatic heterocycles. The molecule has 0 aliphatic carbocycles. The fraction of sp³-hybridized carbons (Fsp3) is 0.421. The molecule has 0 radical (unpaired) electrons. The van der Waals surface area contributed by atoms with E-state index in [2.05, 4.69) is 9.97 Å². The molecule has 27 heavy (non-hydrogen) atoms. The van der Waals surface area contributed by atoms with Crippen LogP contribution in [0.15, 0.2) is 36.7 Å². The van der Waals surface area contributed by atoms with Crippen molar-refractivity contribution >= 4 is 5.91 Å². The van der Waals surface area contributed by atoms with Crippen molar-refractivity contribution in [2.75, 3.05) is 26.2 Å². The number of carbonyl (C=O) groups excluding carboxylic acids is 1. The lowest BCUT2D eigenvalue weighted by Gasteiger charge is -2.31. The van der Waals surface area contributed by atoms with Gasteiger partial charge in [0.25, 0.3) is 5.92 Å². The first-order valence-electron chi connectivity index (χ1n) is 8.82. The molecule has 0 saturated carbocycles. The highest BCUT2D eigenvalue weighted by atomic mass is 19.3. The van der Waals surface area contributed by atoms with Gasteiger partial charge in [-0.1, -0.05) is 6.07 Å². The van der Waals surface area contributed by atoms with Gasteiger partial charge in [-0.2, -0.15) is 0 Å². The van der Waals surface area contributed by atoms with E-state index in [4.69, 9.17) is 10.5 Å². The van der Waals surface area contributed by atoms with Crippen LogP contribution >= 0.6 is 0 Å². The Labute approximate surface area is 156 Å². The average Bonchev–Trinajstić information content (AvgIpc) is 2.67. The summed E-state index contributed by atoms with van der Waals surface area (Å²) in [7, 11) is 0. The molecule has 0 spiro atoms. The predicted octanol–water partition coefficient (Wildman–Crippen LogP) is 2.49. The summed E-state index contributed by atoms with van der Waals surface area (Å²) in [4.78, 5) is 21.8. The van der Waals surface area contributed by atoms with Gasteiger partial charge in [0.1, 0.15) is 0 Å². The second-order valence-electron chi connectivity index (χ2n) is 6.60. The molecule has 144 valence electrons. The molecule has 0 aromatic carbocycles. The van der Waals surface area contributed by atoms with Crippen molar-refractivity contribution in [3.63, 3.8) is 0 Å². The van der Waals surface area contributed by atoms with E-state index >= 15 is 0 Å². The quantitative estimate of drug-likeness (QED) is 0.751. The number of pyridine rings is 2. The molecular formula is C19H22F2N4O2. The van der Waals surface area contributed by atoms with Crippen molar-refractivity contribution in [1.29, 1.82) is 0 Å². The van der Waals surface area contributed by atoms with Gasteiger partial charge in [-0.05, 0) is 23.8 Å².